The first-order chi connectivity index (χ1) is 16.8. The normalized spacial score (nSPS) is 18.3. The van der Waals surface area contributed by atoms with Crippen LogP contribution >= 0.6 is 0 Å². The maximum Gasteiger partial charge on any atom is 0.0777 e. The molecule has 2 atom stereocenters. The summed E-state index contributed by atoms with van der Waals surface area (Å²) >= 11 is 0. The molecule has 1 aliphatic carbocycles. The summed E-state index contributed by atoms with van der Waals surface area (Å²) in [6, 6.07) is 42.4. The van der Waals surface area contributed by atoms with Gasteiger partial charge in [0.1, 0.15) is 0 Å². The van der Waals surface area contributed by atoms with Crippen molar-refractivity contribution in [1.82, 2.24) is 0 Å². The summed E-state index contributed by atoms with van der Waals surface area (Å²) in [7, 11) is 2.27. The van der Waals surface area contributed by atoms with E-state index in [0.717, 1.165) is 0 Å². The highest BCUT2D eigenvalue weighted by Crippen LogP contribution is 2.56. The minimum atomic E-state index is 0.213. The minimum Gasteiger partial charge on any atom is -0.363 e. The first-order valence-electron chi connectivity index (χ1n) is 12.0. The molecule has 0 N–H and O–H groups in total. The van der Waals surface area contributed by atoms with Crippen LogP contribution in [0.15, 0.2) is 121 Å². The second-order valence-electron chi connectivity index (χ2n) is 9.43. The van der Waals surface area contributed by atoms with E-state index in [4.69, 9.17) is 0 Å². The predicted octanol–water partition coefficient (Wildman–Crippen LogP) is 8.23. The molecule has 1 heterocycles. The molecule has 7 rings (SSSR count). The SMILES string of the molecule is CN1c2cc3ccccc3cc2C(c2ccccc2)C2=Cc3cccc(-c4ccccc4)c3C21. The zero-order valence-corrected chi connectivity index (χ0v) is 19.1. The molecule has 0 saturated heterocycles. The van der Waals surface area contributed by atoms with Gasteiger partial charge >= 0.3 is 0 Å². The fourth-order valence-corrected chi connectivity index (χ4v) is 6.09. The van der Waals surface area contributed by atoms with Crippen molar-refractivity contribution in [1.29, 1.82) is 0 Å². The monoisotopic (exact) mass is 435 g/mol. The lowest BCUT2D eigenvalue weighted by Gasteiger charge is -2.42. The van der Waals surface area contributed by atoms with Gasteiger partial charge in [0, 0.05) is 18.7 Å². The number of likely N-dealkylation sites (N-methyl/N-ethyl adjacent to an activating group) is 1. The summed E-state index contributed by atoms with van der Waals surface area (Å²) in [5.41, 5.74) is 10.9. The molecule has 2 unspecified atom stereocenters. The Morgan fingerprint density at radius 3 is 2.09 bits per heavy atom. The Balaban J connectivity index is 1.51. The van der Waals surface area contributed by atoms with Crippen LogP contribution in [0.3, 0.4) is 0 Å². The molecule has 0 bridgehead atoms. The van der Waals surface area contributed by atoms with Crippen LogP contribution in [0.5, 0.6) is 0 Å². The van der Waals surface area contributed by atoms with Crippen LogP contribution < -0.4 is 4.90 Å². The van der Waals surface area contributed by atoms with E-state index in [2.05, 4.69) is 133 Å². The van der Waals surface area contributed by atoms with Crippen molar-refractivity contribution in [2.24, 2.45) is 0 Å². The van der Waals surface area contributed by atoms with Crippen molar-refractivity contribution in [2.75, 3.05) is 11.9 Å². The second kappa shape index (κ2) is 7.46. The molecule has 1 heteroatoms. The molecule has 5 aromatic carbocycles. The fraction of sp³-hybridized carbons (Fsp3) is 0.0909. The van der Waals surface area contributed by atoms with Crippen molar-refractivity contribution in [3.63, 3.8) is 0 Å². The van der Waals surface area contributed by atoms with E-state index in [1.54, 1.807) is 0 Å². The molecule has 0 saturated carbocycles. The van der Waals surface area contributed by atoms with Crippen molar-refractivity contribution in [3.05, 3.63) is 143 Å². The average molecular weight is 436 g/mol. The Morgan fingerprint density at radius 1 is 0.647 bits per heavy atom. The Bertz CT molecular complexity index is 1560. The number of nitrogens with zero attached hydrogens (tertiary/aromatic N) is 1. The van der Waals surface area contributed by atoms with Gasteiger partial charge in [-0.05, 0) is 61.9 Å². The van der Waals surface area contributed by atoms with Gasteiger partial charge in [-0.2, -0.15) is 0 Å². The summed E-state index contributed by atoms with van der Waals surface area (Å²) in [5.74, 6) is 0.234. The molecule has 0 amide bonds. The van der Waals surface area contributed by atoms with E-state index in [9.17, 15) is 0 Å². The third kappa shape index (κ3) is 2.80. The van der Waals surface area contributed by atoms with E-state index >= 15 is 0 Å². The van der Waals surface area contributed by atoms with Gasteiger partial charge in [-0.1, -0.05) is 109 Å². The van der Waals surface area contributed by atoms with Crippen LogP contribution in [0, 0.1) is 0 Å². The van der Waals surface area contributed by atoms with Crippen LogP contribution in [0.2, 0.25) is 0 Å². The summed E-state index contributed by atoms with van der Waals surface area (Å²) in [6.07, 6.45) is 2.46. The molecular formula is C33H25N. The smallest absolute Gasteiger partial charge is 0.0777 e. The number of benzene rings is 5. The lowest BCUT2D eigenvalue weighted by Crippen LogP contribution is -2.32. The molecule has 34 heavy (non-hydrogen) atoms. The Morgan fingerprint density at radius 2 is 1.32 bits per heavy atom. The van der Waals surface area contributed by atoms with E-state index in [-0.39, 0.29) is 12.0 Å². The topological polar surface area (TPSA) is 3.24 Å². The first-order valence-corrected chi connectivity index (χ1v) is 12.0. The third-order valence-electron chi connectivity index (χ3n) is 7.58. The van der Waals surface area contributed by atoms with Gasteiger partial charge in [-0.3, -0.25) is 0 Å². The molecule has 162 valence electrons. The van der Waals surface area contributed by atoms with Crippen molar-refractivity contribution in [3.8, 4) is 11.1 Å². The van der Waals surface area contributed by atoms with Crippen LogP contribution in [0.4, 0.5) is 5.69 Å². The van der Waals surface area contributed by atoms with Gasteiger partial charge in [0.15, 0.2) is 0 Å². The van der Waals surface area contributed by atoms with E-state index in [0.29, 0.717) is 0 Å². The second-order valence-corrected chi connectivity index (χ2v) is 9.43. The van der Waals surface area contributed by atoms with Crippen LogP contribution in [-0.4, -0.2) is 7.05 Å². The van der Waals surface area contributed by atoms with Gasteiger partial charge in [-0.15, -0.1) is 0 Å². The minimum absolute atomic E-state index is 0.213. The van der Waals surface area contributed by atoms with Crippen LogP contribution in [-0.2, 0) is 0 Å². The molecule has 0 radical (unpaired) electrons. The summed E-state index contributed by atoms with van der Waals surface area (Å²) in [4.78, 5) is 2.51. The van der Waals surface area contributed by atoms with Crippen molar-refractivity contribution < 1.29 is 0 Å². The van der Waals surface area contributed by atoms with Crippen molar-refractivity contribution >= 4 is 22.5 Å². The molecule has 1 aliphatic heterocycles. The van der Waals surface area contributed by atoms with Gasteiger partial charge in [0.25, 0.3) is 0 Å². The quantitative estimate of drug-likeness (QED) is 0.270. The summed E-state index contributed by atoms with van der Waals surface area (Å²) < 4.78 is 0. The highest BCUT2D eigenvalue weighted by molar-refractivity contribution is 5.91. The van der Waals surface area contributed by atoms with Crippen molar-refractivity contribution in [2.45, 2.75) is 12.0 Å². The molecular weight excluding hydrogens is 410 g/mol. The molecule has 0 spiro atoms. The zero-order valence-electron chi connectivity index (χ0n) is 19.1. The van der Waals surface area contributed by atoms with Gasteiger partial charge in [0.2, 0.25) is 0 Å². The molecule has 5 aromatic rings. The Labute approximate surface area is 200 Å². The van der Waals surface area contributed by atoms with Gasteiger partial charge in [0.05, 0.1) is 6.04 Å². The maximum atomic E-state index is 2.51. The molecule has 0 aromatic heterocycles. The Kier molecular flexibility index (Phi) is 4.25. The van der Waals surface area contributed by atoms with Crippen LogP contribution in [0.1, 0.15) is 34.2 Å². The van der Waals surface area contributed by atoms with E-state index in [1.807, 2.05) is 0 Å². The first kappa shape index (κ1) is 19.4. The number of hydrogen-bond donors (Lipinski definition) is 0. The van der Waals surface area contributed by atoms with Gasteiger partial charge in [-0.25, -0.2) is 0 Å². The number of hydrogen-bond acceptors (Lipinski definition) is 1. The zero-order chi connectivity index (χ0) is 22.6. The number of fused-ring (bicyclic) bond motifs is 5. The summed E-state index contributed by atoms with van der Waals surface area (Å²) in [6.45, 7) is 0. The highest BCUT2D eigenvalue weighted by atomic mass is 15.2. The average Bonchev–Trinajstić information content (AvgIpc) is 3.29. The lowest BCUT2D eigenvalue weighted by molar-refractivity contribution is 0.692. The highest BCUT2D eigenvalue weighted by Gasteiger charge is 2.41. The number of rotatable bonds is 2. The molecule has 0 fully saturated rings. The summed E-state index contributed by atoms with van der Waals surface area (Å²) in [5, 5.41) is 2.59. The standard InChI is InChI=1S/C33H25N/c1-34-30-21-25-16-9-8-15-24(25)19-28(30)31(23-13-6-3-7-14-23)29-20-26-17-10-18-27(32(26)33(29)34)22-11-4-2-5-12-22/h2-21,31,33H,1H3. The molecule has 1 nitrogen and oxygen atoms in total. The molecule has 2 aliphatic rings. The fourth-order valence-electron chi connectivity index (χ4n) is 6.09. The predicted molar refractivity (Wildman–Crippen MR) is 143 cm³/mol. The van der Waals surface area contributed by atoms with E-state index in [1.165, 1.54) is 55.4 Å². The lowest BCUT2D eigenvalue weighted by atomic mass is 9.76. The third-order valence-corrected chi connectivity index (χ3v) is 7.58. The van der Waals surface area contributed by atoms with Crippen LogP contribution in [0.25, 0.3) is 28.0 Å². The maximum absolute atomic E-state index is 2.51. The number of anilines is 1. The Hall–Kier alpha value is -4.10. The largest absolute Gasteiger partial charge is 0.363 e. The van der Waals surface area contributed by atoms with E-state index < -0.39 is 0 Å². The van der Waals surface area contributed by atoms with Gasteiger partial charge < -0.3 is 4.90 Å².